The van der Waals surface area contributed by atoms with E-state index in [1.54, 1.807) is 19.4 Å². The third-order valence-electron chi connectivity index (χ3n) is 4.09. The molecule has 0 saturated carbocycles. The van der Waals surface area contributed by atoms with Crippen LogP contribution in [0.1, 0.15) is 16.7 Å². The Morgan fingerprint density at radius 3 is 2.72 bits per heavy atom. The van der Waals surface area contributed by atoms with Gasteiger partial charge in [0.25, 0.3) is 5.91 Å². The second kappa shape index (κ2) is 10.0. The normalized spacial score (nSPS) is 13.9. The van der Waals surface area contributed by atoms with E-state index in [-0.39, 0.29) is 5.91 Å². The van der Waals surface area contributed by atoms with Crippen molar-refractivity contribution in [3.8, 4) is 11.5 Å². The number of methoxy groups -OCH3 is 1. The number of carbonyl (C=O) groups is 1. The Hall–Kier alpha value is -2.16. The van der Waals surface area contributed by atoms with Gasteiger partial charge in [-0.2, -0.15) is 10.1 Å². The molecular formula is C21H19BrN2O3S2. The van der Waals surface area contributed by atoms with Gasteiger partial charge in [0, 0.05) is 10.0 Å². The number of halogens is 1. The average Bonchev–Trinajstić information content (AvgIpc) is 3.04. The standard InChI is InChI=1S/C21H19BrN2O3S2/c1-3-4-16-9-15(11-23-24-19(25)13-29-21(24)28)10-18(26-2)20(16)27-12-14-5-7-17(22)8-6-14/h3,5-11H,1,4,12-13H2,2H3/b23-11-. The number of thiocarbonyl (C=S) groups is 1. The first kappa shape index (κ1) is 21.5. The molecule has 3 rings (SSSR count). The van der Waals surface area contributed by atoms with Gasteiger partial charge in [0.1, 0.15) is 6.61 Å². The predicted octanol–water partition coefficient (Wildman–Crippen LogP) is 4.96. The average molecular weight is 491 g/mol. The van der Waals surface area contributed by atoms with Gasteiger partial charge in [-0.05, 0) is 41.8 Å². The van der Waals surface area contributed by atoms with E-state index in [4.69, 9.17) is 21.7 Å². The third-order valence-corrected chi connectivity index (χ3v) is 5.95. The monoisotopic (exact) mass is 490 g/mol. The Balaban J connectivity index is 1.86. The summed E-state index contributed by atoms with van der Waals surface area (Å²) in [6.45, 7) is 4.24. The third kappa shape index (κ3) is 5.46. The van der Waals surface area contributed by atoms with Crippen LogP contribution in [-0.4, -0.2) is 34.3 Å². The molecule has 2 aromatic carbocycles. The highest BCUT2D eigenvalue weighted by molar-refractivity contribution is 9.10. The largest absolute Gasteiger partial charge is 0.493 e. The molecule has 29 heavy (non-hydrogen) atoms. The zero-order valence-corrected chi connectivity index (χ0v) is 19.0. The molecule has 1 heterocycles. The van der Waals surface area contributed by atoms with Gasteiger partial charge in [0.15, 0.2) is 15.8 Å². The second-order valence-electron chi connectivity index (χ2n) is 6.12. The van der Waals surface area contributed by atoms with E-state index in [9.17, 15) is 4.79 Å². The molecule has 0 radical (unpaired) electrons. The van der Waals surface area contributed by atoms with Crippen LogP contribution in [0.5, 0.6) is 11.5 Å². The molecule has 1 fully saturated rings. The van der Waals surface area contributed by atoms with Gasteiger partial charge in [-0.3, -0.25) is 4.79 Å². The van der Waals surface area contributed by atoms with Crippen molar-refractivity contribution >= 4 is 56.4 Å². The molecule has 0 aromatic heterocycles. The molecule has 8 heteroatoms. The van der Waals surface area contributed by atoms with Gasteiger partial charge >= 0.3 is 0 Å². The fourth-order valence-electron chi connectivity index (χ4n) is 2.70. The van der Waals surface area contributed by atoms with Crippen molar-refractivity contribution in [2.45, 2.75) is 13.0 Å². The van der Waals surface area contributed by atoms with E-state index in [1.165, 1.54) is 16.8 Å². The number of carbonyl (C=O) groups excluding carboxylic acids is 1. The lowest BCUT2D eigenvalue weighted by Gasteiger charge is -2.16. The Kier molecular flexibility index (Phi) is 7.46. The molecule has 2 aromatic rings. The number of hydrogen-bond donors (Lipinski definition) is 0. The number of amides is 1. The molecule has 1 amide bonds. The molecule has 1 aliphatic heterocycles. The zero-order valence-electron chi connectivity index (χ0n) is 15.8. The molecular weight excluding hydrogens is 472 g/mol. The molecule has 0 aliphatic carbocycles. The summed E-state index contributed by atoms with van der Waals surface area (Å²) >= 11 is 9.89. The first-order valence-electron chi connectivity index (χ1n) is 8.74. The highest BCUT2D eigenvalue weighted by Crippen LogP contribution is 2.34. The summed E-state index contributed by atoms with van der Waals surface area (Å²) in [6.07, 6.45) is 4.01. The molecule has 1 aliphatic rings. The number of hydrazone groups is 1. The zero-order chi connectivity index (χ0) is 20.8. The Morgan fingerprint density at radius 1 is 1.34 bits per heavy atom. The van der Waals surface area contributed by atoms with Gasteiger partial charge in [0.05, 0.1) is 19.1 Å². The van der Waals surface area contributed by atoms with Crippen LogP contribution in [0.2, 0.25) is 0 Å². The van der Waals surface area contributed by atoms with Gasteiger partial charge in [0.2, 0.25) is 0 Å². The number of ether oxygens (including phenoxy) is 2. The molecule has 1 saturated heterocycles. The summed E-state index contributed by atoms with van der Waals surface area (Å²) in [5.74, 6) is 1.46. The van der Waals surface area contributed by atoms with Gasteiger partial charge in [-0.1, -0.05) is 58.1 Å². The van der Waals surface area contributed by atoms with Crippen molar-refractivity contribution in [3.05, 3.63) is 70.2 Å². The van der Waals surface area contributed by atoms with Gasteiger partial charge in [-0.25, -0.2) is 0 Å². The maximum atomic E-state index is 11.8. The Morgan fingerprint density at radius 2 is 2.10 bits per heavy atom. The minimum absolute atomic E-state index is 0.121. The highest BCUT2D eigenvalue weighted by atomic mass is 79.9. The van der Waals surface area contributed by atoms with E-state index >= 15 is 0 Å². The van der Waals surface area contributed by atoms with E-state index in [2.05, 4.69) is 27.6 Å². The van der Waals surface area contributed by atoms with Crippen LogP contribution < -0.4 is 9.47 Å². The van der Waals surface area contributed by atoms with Crippen molar-refractivity contribution in [1.82, 2.24) is 5.01 Å². The Labute approximate surface area is 187 Å². The summed E-state index contributed by atoms with van der Waals surface area (Å²) in [5.41, 5.74) is 2.74. The fourth-order valence-corrected chi connectivity index (χ4v) is 3.93. The predicted molar refractivity (Wildman–Crippen MR) is 125 cm³/mol. The van der Waals surface area contributed by atoms with Crippen LogP contribution in [0, 0.1) is 0 Å². The lowest BCUT2D eigenvalue weighted by molar-refractivity contribution is -0.123. The highest BCUT2D eigenvalue weighted by Gasteiger charge is 2.26. The molecule has 150 valence electrons. The molecule has 0 unspecified atom stereocenters. The topological polar surface area (TPSA) is 51.1 Å². The van der Waals surface area contributed by atoms with Crippen molar-refractivity contribution in [2.24, 2.45) is 5.10 Å². The molecule has 0 atom stereocenters. The van der Waals surface area contributed by atoms with Crippen molar-refractivity contribution in [3.63, 3.8) is 0 Å². The summed E-state index contributed by atoms with van der Waals surface area (Å²) in [5, 5.41) is 5.48. The summed E-state index contributed by atoms with van der Waals surface area (Å²) in [4.78, 5) is 11.8. The van der Waals surface area contributed by atoms with Gasteiger partial charge in [-0.15, -0.1) is 6.58 Å². The molecule has 0 N–H and O–H groups in total. The lowest BCUT2D eigenvalue weighted by Crippen LogP contribution is -2.22. The second-order valence-corrected chi connectivity index (χ2v) is 8.65. The van der Waals surface area contributed by atoms with Crippen molar-refractivity contribution in [1.29, 1.82) is 0 Å². The smallest absolute Gasteiger partial charge is 0.259 e. The number of thioether (sulfide) groups is 1. The molecule has 0 spiro atoms. The number of nitrogens with zero attached hydrogens (tertiary/aromatic N) is 2. The van der Waals surface area contributed by atoms with Crippen LogP contribution in [0.25, 0.3) is 0 Å². The summed E-state index contributed by atoms with van der Waals surface area (Å²) in [7, 11) is 1.59. The summed E-state index contributed by atoms with van der Waals surface area (Å²) < 4.78 is 13.1. The van der Waals surface area contributed by atoms with Crippen molar-refractivity contribution in [2.75, 3.05) is 12.9 Å². The van der Waals surface area contributed by atoms with Gasteiger partial charge < -0.3 is 9.47 Å². The molecule has 0 bridgehead atoms. The maximum absolute atomic E-state index is 11.8. The van der Waals surface area contributed by atoms with Crippen LogP contribution in [0.3, 0.4) is 0 Å². The lowest BCUT2D eigenvalue weighted by atomic mass is 10.1. The van der Waals surface area contributed by atoms with Crippen LogP contribution >= 0.6 is 39.9 Å². The number of benzene rings is 2. The quantitative estimate of drug-likeness (QED) is 0.297. The van der Waals surface area contributed by atoms with Crippen molar-refractivity contribution < 1.29 is 14.3 Å². The molecule has 5 nitrogen and oxygen atoms in total. The van der Waals surface area contributed by atoms with Crippen LogP contribution in [0.15, 0.2) is 58.6 Å². The minimum atomic E-state index is -0.121. The van der Waals surface area contributed by atoms with Crippen LogP contribution in [0.4, 0.5) is 0 Å². The SMILES string of the molecule is C=CCc1cc(/C=N\N2C(=O)CSC2=S)cc(OC)c1OCc1ccc(Br)cc1. The van der Waals surface area contributed by atoms with E-state index < -0.39 is 0 Å². The number of hydrogen-bond acceptors (Lipinski definition) is 6. The van der Waals surface area contributed by atoms with E-state index in [1.807, 2.05) is 36.4 Å². The minimum Gasteiger partial charge on any atom is -0.493 e. The number of rotatable bonds is 8. The van der Waals surface area contributed by atoms with Crippen LogP contribution in [-0.2, 0) is 17.8 Å². The Bertz CT molecular complexity index is 945. The first-order chi connectivity index (χ1) is 14.0. The number of allylic oxidation sites excluding steroid dienone is 1. The maximum Gasteiger partial charge on any atom is 0.259 e. The van der Waals surface area contributed by atoms with E-state index in [0.29, 0.717) is 34.6 Å². The van der Waals surface area contributed by atoms with E-state index in [0.717, 1.165) is 21.2 Å². The summed E-state index contributed by atoms with van der Waals surface area (Å²) in [6, 6.07) is 11.7. The fraction of sp³-hybridized carbons (Fsp3) is 0.190. The first-order valence-corrected chi connectivity index (χ1v) is 10.9.